The Morgan fingerprint density at radius 2 is 2.00 bits per heavy atom. The van der Waals surface area contributed by atoms with Crippen molar-refractivity contribution < 1.29 is 13.2 Å². The first kappa shape index (κ1) is 16.2. The quantitative estimate of drug-likeness (QED) is 0.817. The van der Waals surface area contributed by atoms with Gasteiger partial charge >= 0.3 is 0 Å². The Hall–Kier alpha value is -0.660. The van der Waals surface area contributed by atoms with Gasteiger partial charge in [0.25, 0.3) is 0 Å². The van der Waals surface area contributed by atoms with Crippen LogP contribution in [0.1, 0.15) is 5.56 Å². The predicted octanol–water partition coefficient (Wildman–Crippen LogP) is 1.60. The maximum atomic E-state index is 13.1. The minimum atomic E-state index is -3.54. The smallest absolute Gasteiger partial charge is 0.243 e. The van der Waals surface area contributed by atoms with Crippen molar-refractivity contribution in [2.24, 2.45) is 5.92 Å². The number of rotatable bonds is 2. The van der Waals surface area contributed by atoms with Gasteiger partial charge in [-0.05, 0) is 31.7 Å². The SMILES string of the molecule is Cc1c(Cl)cccc1S(=O)(=O)N1C[C@@H]2COC[C@H](C1)N(C)C2. The van der Waals surface area contributed by atoms with E-state index in [-0.39, 0.29) is 12.0 Å². The standard InChI is InChI=1S/C15H21ClN2O3S/c1-11-14(16)4-3-5-15(11)22(19,20)18-7-12-6-17(2)13(8-18)10-21-9-12/h3-5,12-13H,6-10H2,1-2H3/t12-,13+/m1/s1. The van der Waals surface area contributed by atoms with Crippen LogP contribution in [-0.4, -0.2) is 63.6 Å². The lowest BCUT2D eigenvalue weighted by molar-refractivity contribution is 0.0727. The Morgan fingerprint density at radius 1 is 1.23 bits per heavy atom. The van der Waals surface area contributed by atoms with Gasteiger partial charge in [0.2, 0.25) is 10.0 Å². The fraction of sp³-hybridized carbons (Fsp3) is 0.600. The Bertz CT molecular complexity index is 665. The van der Waals surface area contributed by atoms with E-state index in [2.05, 4.69) is 4.90 Å². The molecular weight excluding hydrogens is 324 g/mol. The highest BCUT2D eigenvalue weighted by Crippen LogP contribution is 2.28. The van der Waals surface area contributed by atoms with Gasteiger partial charge in [-0.15, -0.1) is 0 Å². The van der Waals surface area contributed by atoms with Crippen molar-refractivity contribution in [3.63, 3.8) is 0 Å². The fourth-order valence-electron chi connectivity index (χ4n) is 3.21. The molecule has 0 saturated carbocycles. The van der Waals surface area contributed by atoms with Gasteiger partial charge in [-0.2, -0.15) is 4.31 Å². The van der Waals surface area contributed by atoms with E-state index in [0.717, 1.165) is 6.54 Å². The van der Waals surface area contributed by atoms with Crippen LogP contribution < -0.4 is 0 Å². The molecule has 0 spiro atoms. The van der Waals surface area contributed by atoms with Gasteiger partial charge in [0.05, 0.1) is 18.1 Å². The van der Waals surface area contributed by atoms with Crippen LogP contribution in [0.5, 0.6) is 0 Å². The zero-order valence-corrected chi connectivity index (χ0v) is 14.4. The molecule has 1 aromatic rings. The van der Waals surface area contributed by atoms with E-state index in [4.69, 9.17) is 16.3 Å². The van der Waals surface area contributed by atoms with E-state index in [1.165, 1.54) is 0 Å². The lowest BCUT2D eigenvalue weighted by Gasteiger charge is -2.29. The van der Waals surface area contributed by atoms with Crippen LogP contribution >= 0.6 is 11.6 Å². The maximum absolute atomic E-state index is 13.1. The summed E-state index contributed by atoms with van der Waals surface area (Å²) in [6.45, 7) is 4.76. The molecule has 2 bridgehead atoms. The zero-order chi connectivity index (χ0) is 15.9. The average Bonchev–Trinajstić information content (AvgIpc) is 2.70. The zero-order valence-electron chi connectivity index (χ0n) is 12.8. The van der Waals surface area contributed by atoms with Gasteiger partial charge in [0, 0.05) is 36.6 Å². The fourth-order valence-corrected chi connectivity index (χ4v) is 5.24. The van der Waals surface area contributed by atoms with E-state index in [1.807, 2.05) is 7.05 Å². The summed E-state index contributed by atoms with van der Waals surface area (Å²) in [4.78, 5) is 2.52. The molecule has 2 aliphatic rings. The molecule has 2 aliphatic heterocycles. The summed E-state index contributed by atoms with van der Waals surface area (Å²) < 4.78 is 33.4. The third-order valence-electron chi connectivity index (χ3n) is 4.55. The summed E-state index contributed by atoms with van der Waals surface area (Å²) in [6, 6.07) is 5.14. The number of ether oxygens (including phenoxy) is 1. The molecule has 2 atom stereocenters. The molecule has 0 aliphatic carbocycles. The molecule has 0 amide bonds. The molecular formula is C15H21ClN2O3S. The maximum Gasteiger partial charge on any atom is 0.243 e. The first-order chi connectivity index (χ1) is 10.4. The molecule has 2 heterocycles. The molecule has 0 aromatic heterocycles. The van der Waals surface area contributed by atoms with Crippen LogP contribution in [0.15, 0.2) is 23.1 Å². The second kappa shape index (κ2) is 6.09. The van der Waals surface area contributed by atoms with Crippen molar-refractivity contribution in [3.8, 4) is 0 Å². The van der Waals surface area contributed by atoms with Crippen LogP contribution in [0.25, 0.3) is 0 Å². The van der Waals surface area contributed by atoms with Gasteiger partial charge in [-0.1, -0.05) is 17.7 Å². The second-order valence-electron chi connectivity index (χ2n) is 6.18. The number of sulfonamides is 1. The molecule has 0 unspecified atom stereocenters. The number of nitrogens with zero attached hydrogens (tertiary/aromatic N) is 2. The summed E-state index contributed by atoms with van der Waals surface area (Å²) in [5, 5.41) is 0.483. The second-order valence-corrected chi connectivity index (χ2v) is 8.50. The Kier molecular flexibility index (Phi) is 4.49. The minimum Gasteiger partial charge on any atom is -0.379 e. The molecule has 2 saturated heterocycles. The highest BCUT2D eigenvalue weighted by atomic mass is 35.5. The first-order valence-corrected chi connectivity index (χ1v) is 9.24. The summed E-state index contributed by atoms with van der Waals surface area (Å²) >= 11 is 6.10. The number of halogens is 1. The highest BCUT2D eigenvalue weighted by molar-refractivity contribution is 7.89. The molecule has 5 nitrogen and oxygen atoms in total. The van der Waals surface area contributed by atoms with Crippen LogP contribution in [0.2, 0.25) is 5.02 Å². The molecule has 7 heteroatoms. The van der Waals surface area contributed by atoms with Gasteiger partial charge < -0.3 is 4.74 Å². The van der Waals surface area contributed by atoms with E-state index in [9.17, 15) is 8.42 Å². The Morgan fingerprint density at radius 3 is 2.77 bits per heavy atom. The highest BCUT2D eigenvalue weighted by Gasteiger charge is 2.37. The lowest BCUT2D eigenvalue weighted by Crippen LogP contribution is -2.44. The number of fused-ring (bicyclic) bond motifs is 3. The lowest BCUT2D eigenvalue weighted by atomic mass is 10.1. The van der Waals surface area contributed by atoms with Crippen molar-refractivity contribution in [3.05, 3.63) is 28.8 Å². The van der Waals surface area contributed by atoms with Gasteiger partial charge in [-0.25, -0.2) is 8.42 Å². The normalized spacial score (nSPS) is 27.6. The van der Waals surface area contributed by atoms with Gasteiger partial charge in [0.15, 0.2) is 0 Å². The first-order valence-electron chi connectivity index (χ1n) is 7.43. The number of hydrogen-bond acceptors (Lipinski definition) is 4. The van der Waals surface area contributed by atoms with Crippen molar-refractivity contribution in [1.82, 2.24) is 9.21 Å². The third-order valence-corrected chi connectivity index (χ3v) is 6.93. The van der Waals surface area contributed by atoms with Gasteiger partial charge in [0.1, 0.15) is 0 Å². The van der Waals surface area contributed by atoms with Crippen molar-refractivity contribution in [2.75, 3.05) is 39.9 Å². The third kappa shape index (κ3) is 2.90. The van der Waals surface area contributed by atoms with E-state index in [0.29, 0.717) is 41.8 Å². The molecule has 3 rings (SSSR count). The number of benzene rings is 1. The molecule has 0 N–H and O–H groups in total. The van der Waals surface area contributed by atoms with Crippen molar-refractivity contribution in [1.29, 1.82) is 0 Å². The van der Waals surface area contributed by atoms with Crippen LogP contribution in [0.3, 0.4) is 0 Å². The van der Waals surface area contributed by atoms with E-state index < -0.39 is 10.0 Å². The topological polar surface area (TPSA) is 49.9 Å². The van der Waals surface area contributed by atoms with Crippen molar-refractivity contribution in [2.45, 2.75) is 17.9 Å². The Balaban J connectivity index is 1.97. The van der Waals surface area contributed by atoms with Crippen LogP contribution in [0, 0.1) is 12.8 Å². The van der Waals surface area contributed by atoms with Crippen molar-refractivity contribution >= 4 is 21.6 Å². The molecule has 22 heavy (non-hydrogen) atoms. The average molecular weight is 345 g/mol. The molecule has 2 fully saturated rings. The summed E-state index contributed by atoms with van der Waals surface area (Å²) in [7, 11) is -1.50. The number of likely N-dealkylation sites (N-methyl/N-ethyl adjacent to an activating group) is 1. The van der Waals surface area contributed by atoms with Crippen LogP contribution in [0.4, 0.5) is 0 Å². The molecule has 0 radical (unpaired) electrons. The number of hydrogen-bond donors (Lipinski definition) is 0. The molecule has 122 valence electrons. The summed E-state index contributed by atoms with van der Waals surface area (Å²) in [5.41, 5.74) is 0.614. The minimum absolute atomic E-state index is 0.0989. The van der Waals surface area contributed by atoms with E-state index in [1.54, 1.807) is 29.4 Å². The summed E-state index contributed by atoms with van der Waals surface area (Å²) in [6.07, 6.45) is 0. The molecule has 1 aromatic carbocycles. The monoisotopic (exact) mass is 344 g/mol. The largest absolute Gasteiger partial charge is 0.379 e. The van der Waals surface area contributed by atoms with E-state index >= 15 is 0 Å². The Labute approximate surface area is 136 Å². The van der Waals surface area contributed by atoms with Gasteiger partial charge in [-0.3, -0.25) is 4.90 Å². The van der Waals surface area contributed by atoms with Crippen LogP contribution in [-0.2, 0) is 14.8 Å². The predicted molar refractivity (Wildman–Crippen MR) is 85.7 cm³/mol. The summed E-state index contributed by atoms with van der Waals surface area (Å²) in [5.74, 6) is 0.201.